The molecule has 0 saturated carbocycles. The molecule has 25 heavy (non-hydrogen) atoms. The summed E-state index contributed by atoms with van der Waals surface area (Å²) in [6, 6.07) is 11.2. The minimum absolute atomic E-state index is 0.261. The van der Waals surface area contributed by atoms with Crippen molar-refractivity contribution in [2.75, 3.05) is 23.3 Å². The first-order valence-electron chi connectivity index (χ1n) is 8.65. The molecule has 6 nitrogen and oxygen atoms in total. The van der Waals surface area contributed by atoms with E-state index in [1.807, 2.05) is 37.3 Å². The lowest BCUT2D eigenvalue weighted by Crippen LogP contribution is -2.46. The monoisotopic (exact) mass is 339 g/mol. The Bertz CT molecular complexity index is 757. The zero-order valence-electron chi connectivity index (χ0n) is 14.1. The van der Waals surface area contributed by atoms with Crippen LogP contribution in [0.1, 0.15) is 19.8 Å². The molecule has 3 heterocycles. The number of pyridine rings is 1. The maximum atomic E-state index is 12.6. The number of fused-ring (bicyclic) bond motifs is 1. The number of para-hydroxylation sites is 2. The van der Waals surface area contributed by atoms with Crippen LogP contribution in [-0.4, -0.2) is 36.2 Å². The van der Waals surface area contributed by atoms with Gasteiger partial charge in [0.1, 0.15) is 11.9 Å². The van der Waals surface area contributed by atoms with Gasteiger partial charge in [-0.05, 0) is 44.0 Å². The first kappa shape index (κ1) is 15.7. The molecule has 1 aromatic heterocycles. The fourth-order valence-corrected chi connectivity index (χ4v) is 3.23. The number of ether oxygens (including phenoxy) is 2. The fourth-order valence-electron chi connectivity index (χ4n) is 3.23. The standard InChI is InChI=1S/C19H21N3O3/c1-13-18(25-16-7-3-2-6-15(16)24-13)19(23)21-17-9-8-14(12-20-17)22-10-4-5-11-22/h2-3,6-9,12-13,18H,4-5,10-11H2,1H3,(H,20,21,23)/t13-,18+/m0/s1. The molecule has 0 spiro atoms. The van der Waals surface area contributed by atoms with Crippen molar-refractivity contribution in [1.82, 2.24) is 4.98 Å². The van der Waals surface area contributed by atoms with Gasteiger partial charge in [0.15, 0.2) is 11.5 Å². The highest BCUT2D eigenvalue weighted by Crippen LogP contribution is 2.33. The maximum absolute atomic E-state index is 12.6. The van der Waals surface area contributed by atoms with Crippen molar-refractivity contribution in [2.24, 2.45) is 0 Å². The molecule has 2 aliphatic rings. The van der Waals surface area contributed by atoms with E-state index >= 15 is 0 Å². The Morgan fingerprint density at radius 1 is 1.12 bits per heavy atom. The van der Waals surface area contributed by atoms with E-state index in [2.05, 4.69) is 15.2 Å². The molecule has 1 fully saturated rings. The highest BCUT2D eigenvalue weighted by atomic mass is 16.6. The van der Waals surface area contributed by atoms with Crippen LogP contribution in [0.25, 0.3) is 0 Å². The molecule has 0 unspecified atom stereocenters. The number of amides is 1. The molecule has 6 heteroatoms. The topological polar surface area (TPSA) is 63.7 Å². The number of anilines is 2. The summed E-state index contributed by atoms with van der Waals surface area (Å²) >= 11 is 0. The van der Waals surface area contributed by atoms with Crippen molar-refractivity contribution in [3.63, 3.8) is 0 Å². The first-order valence-corrected chi connectivity index (χ1v) is 8.65. The Kier molecular flexibility index (Phi) is 4.17. The smallest absolute Gasteiger partial charge is 0.270 e. The fraction of sp³-hybridized carbons (Fsp3) is 0.368. The van der Waals surface area contributed by atoms with Crippen LogP contribution in [0.3, 0.4) is 0 Å². The van der Waals surface area contributed by atoms with Crippen molar-refractivity contribution in [3.05, 3.63) is 42.6 Å². The van der Waals surface area contributed by atoms with E-state index < -0.39 is 6.10 Å². The van der Waals surface area contributed by atoms with Gasteiger partial charge in [-0.25, -0.2) is 4.98 Å². The van der Waals surface area contributed by atoms with Gasteiger partial charge < -0.3 is 19.7 Å². The molecule has 130 valence electrons. The number of hydrogen-bond donors (Lipinski definition) is 1. The number of rotatable bonds is 3. The van der Waals surface area contributed by atoms with Gasteiger partial charge >= 0.3 is 0 Å². The molecule has 0 bridgehead atoms. The van der Waals surface area contributed by atoms with Gasteiger partial charge in [0.05, 0.1) is 11.9 Å². The molecule has 1 amide bonds. The molecule has 4 rings (SSSR count). The highest BCUT2D eigenvalue weighted by molar-refractivity contribution is 5.94. The van der Waals surface area contributed by atoms with Crippen molar-refractivity contribution < 1.29 is 14.3 Å². The van der Waals surface area contributed by atoms with Crippen molar-refractivity contribution in [3.8, 4) is 11.5 Å². The van der Waals surface area contributed by atoms with Crippen molar-refractivity contribution >= 4 is 17.4 Å². The first-order chi connectivity index (χ1) is 12.2. The minimum Gasteiger partial charge on any atom is -0.482 e. The number of nitrogens with one attached hydrogen (secondary N) is 1. The summed E-state index contributed by atoms with van der Waals surface area (Å²) in [5, 5.41) is 2.82. The Labute approximate surface area is 146 Å². The van der Waals surface area contributed by atoms with Gasteiger partial charge in [-0.15, -0.1) is 0 Å². The van der Waals surface area contributed by atoms with Crippen molar-refractivity contribution in [1.29, 1.82) is 0 Å². The lowest BCUT2D eigenvalue weighted by atomic mass is 10.1. The Morgan fingerprint density at radius 2 is 1.84 bits per heavy atom. The van der Waals surface area contributed by atoms with Gasteiger partial charge in [0.25, 0.3) is 5.91 Å². The highest BCUT2D eigenvalue weighted by Gasteiger charge is 2.34. The second-order valence-corrected chi connectivity index (χ2v) is 6.39. The number of carbonyl (C=O) groups is 1. The molecular formula is C19H21N3O3. The average molecular weight is 339 g/mol. The zero-order valence-corrected chi connectivity index (χ0v) is 14.1. The Hall–Kier alpha value is -2.76. The molecule has 1 saturated heterocycles. The van der Waals surface area contributed by atoms with Crippen LogP contribution in [0.15, 0.2) is 42.6 Å². The zero-order chi connectivity index (χ0) is 17.2. The van der Waals surface area contributed by atoms with E-state index in [1.54, 1.807) is 12.3 Å². The van der Waals surface area contributed by atoms with E-state index in [4.69, 9.17) is 9.47 Å². The second-order valence-electron chi connectivity index (χ2n) is 6.39. The average Bonchev–Trinajstić information content (AvgIpc) is 3.16. The second kappa shape index (κ2) is 6.63. The number of aromatic nitrogens is 1. The van der Waals surface area contributed by atoms with Crippen LogP contribution >= 0.6 is 0 Å². The van der Waals surface area contributed by atoms with E-state index in [1.165, 1.54) is 12.8 Å². The Balaban J connectivity index is 1.43. The maximum Gasteiger partial charge on any atom is 0.270 e. The van der Waals surface area contributed by atoms with Crippen molar-refractivity contribution in [2.45, 2.75) is 32.0 Å². The van der Waals surface area contributed by atoms with E-state index in [9.17, 15) is 4.79 Å². The minimum atomic E-state index is -0.713. The van der Waals surface area contributed by atoms with Gasteiger partial charge in [-0.3, -0.25) is 4.79 Å². The van der Waals surface area contributed by atoms with Crippen LogP contribution in [0.2, 0.25) is 0 Å². The largest absolute Gasteiger partial charge is 0.482 e. The lowest BCUT2D eigenvalue weighted by molar-refractivity contribution is -0.128. The summed E-state index contributed by atoms with van der Waals surface area (Å²) in [4.78, 5) is 19.2. The summed E-state index contributed by atoms with van der Waals surface area (Å²) < 4.78 is 11.6. The molecule has 1 aromatic carbocycles. The normalized spacial score (nSPS) is 21.9. The summed E-state index contributed by atoms with van der Waals surface area (Å²) in [5.74, 6) is 1.50. The van der Waals surface area contributed by atoms with Crippen LogP contribution in [0, 0.1) is 0 Å². The molecule has 0 aliphatic carbocycles. The predicted octanol–water partition coefficient (Wildman–Crippen LogP) is 2.85. The van der Waals surface area contributed by atoms with Gasteiger partial charge in [-0.1, -0.05) is 12.1 Å². The number of carbonyl (C=O) groups excluding carboxylic acids is 1. The summed E-state index contributed by atoms with van der Waals surface area (Å²) in [5.41, 5.74) is 1.09. The van der Waals surface area contributed by atoms with Crippen LogP contribution < -0.4 is 19.7 Å². The van der Waals surface area contributed by atoms with Gasteiger partial charge in [-0.2, -0.15) is 0 Å². The summed E-state index contributed by atoms with van der Waals surface area (Å²) in [6.07, 6.45) is 3.15. The Morgan fingerprint density at radius 3 is 2.52 bits per heavy atom. The van der Waals surface area contributed by atoms with E-state index in [-0.39, 0.29) is 12.0 Å². The molecule has 0 radical (unpaired) electrons. The van der Waals surface area contributed by atoms with Gasteiger partial charge in [0, 0.05) is 13.1 Å². The number of hydrogen-bond acceptors (Lipinski definition) is 5. The predicted molar refractivity (Wildman–Crippen MR) is 95.3 cm³/mol. The summed E-state index contributed by atoms with van der Waals surface area (Å²) in [6.45, 7) is 3.96. The quantitative estimate of drug-likeness (QED) is 0.932. The van der Waals surface area contributed by atoms with Crippen LogP contribution in [0.5, 0.6) is 11.5 Å². The SMILES string of the molecule is C[C@@H]1Oc2ccccc2O[C@H]1C(=O)Nc1ccc(N2CCCC2)cn1. The lowest BCUT2D eigenvalue weighted by Gasteiger charge is -2.30. The molecule has 2 atom stereocenters. The van der Waals surface area contributed by atoms with Gasteiger partial charge in [0.2, 0.25) is 6.10 Å². The molecule has 2 aromatic rings. The molecule has 1 N–H and O–H groups in total. The number of benzene rings is 1. The van der Waals surface area contributed by atoms with Crippen LogP contribution in [-0.2, 0) is 4.79 Å². The van der Waals surface area contributed by atoms with E-state index in [0.29, 0.717) is 17.3 Å². The molecule has 2 aliphatic heterocycles. The molecular weight excluding hydrogens is 318 g/mol. The number of nitrogens with zero attached hydrogens (tertiary/aromatic N) is 2. The summed E-state index contributed by atoms with van der Waals surface area (Å²) in [7, 11) is 0. The third-order valence-electron chi connectivity index (χ3n) is 4.57. The van der Waals surface area contributed by atoms with Crippen LogP contribution in [0.4, 0.5) is 11.5 Å². The third-order valence-corrected chi connectivity index (χ3v) is 4.57. The van der Waals surface area contributed by atoms with E-state index in [0.717, 1.165) is 18.8 Å². The third kappa shape index (κ3) is 3.24.